The molecule has 246 valence electrons. The third-order valence-electron chi connectivity index (χ3n) is 7.61. The first-order valence-corrected chi connectivity index (χ1v) is 17.3. The molecule has 2 aliphatic rings. The Morgan fingerprint density at radius 3 is 2.48 bits per heavy atom. The van der Waals surface area contributed by atoms with E-state index in [1.54, 1.807) is 22.1 Å². The number of carbonyl (C=O) groups is 2. The van der Waals surface area contributed by atoms with Crippen LogP contribution in [0.4, 0.5) is 26.9 Å². The fourth-order valence-corrected chi connectivity index (χ4v) is 6.32. The Hall–Kier alpha value is -4.02. The summed E-state index contributed by atoms with van der Waals surface area (Å²) in [5.74, 6) is 1.28. The van der Waals surface area contributed by atoms with Crippen molar-refractivity contribution in [1.29, 1.82) is 5.26 Å². The first-order valence-electron chi connectivity index (χ1n) is 15.6. The lowest BCUT2D eigenvalue weighted by atomic mass is 9.88. The van der Waals surface area contributed by atoms with Crippen molar-refractivity contribution in [2.45, 2.75) is 96.1 Å². The molecule has 1 aromatic carbocycles. The number of aromatic nitrogens is 3. The van der Waals surface area contributed by atoms with Crippen LogP contribution in [-0.2, 0) is 26.4 Å². The van der Waals surface area contributed by atoms with E-state index in [9.17, 15) is 19.4 Å². The highest BCUT2D eigenvalue weighted by atomic mass is 32.2. The van der Waals surface area contributed by atoms with Gasteiger partial charge < -0.3 is 24.2 Å². The van der Waals surface area contributed by atoms with Gasteiger partial charge in [-0.25, -0.2) is 14.6 Å². The second kappa shape index (κ2) is 13.0. The van der Waals surface area contributed by atoms with Gasteiger partial charge in [-0.1, -0.05) is 17.2 Å². The average molecular weight is 650 g/mol. The largest absolute Gasteiger partial charge is 0.616 e. The summed E-state index contributed by atoms with van der Waals surface area (Å²) >= 11 is -1.11. The highest BCUT2D eigenvalue weighted by molar-refractivity contribution is 7.89. The lowest BCUT2D eigenvalue weighted by molar-refractivity contribution is 0.0197. The molecule has 2 aromatic heterocycles. The van der Waals surface area contributed by atoms with Crippen LogP contribution in [0.25, 0.3) is 5.65 Å². The molecule has 5 rings (SSSR count). The van der Waals surface area contributed by atoms with E-state index in [1.807, 2.05) is 59.7 Å². The molecule has 0 bridgehead atoms. The second-order valence-corrected chi connectivity index (χ2v) is 15.4. The van der Waals surface area contributed by atoms with E-state index in [1.165, 1.54) is 10.7 Å². The number of piperidine rings is 1. The number of rotatable bonds is 7. The van der Waals surface area contributed by atoms with Crippen LogP contribution in [0, 0.1) is 11.3 Å². The van der Waals surface area contributed by atoms with Gasteiger partial charge >= 0.3 is 12.2 Å². The molecule has 1 N–H and O–H groups in total. The van der Waals surface area contributed by atoms with Gasteiger partial charge in [-0.15, -0.1) is 0 Å². The van der Waals surface area contributed by atoms with E-state index < -0.39 is 28.5 Å². The number of nitriles is 1. The lowest BCUT2D eigenvalue weighted by Crippen LogP contribution is -2.42. The minimum atomic E-state index is -1.11. The van der Waals surface area contributed by atoms with Crippen LogP contribution < -0.4 is 10.2 Å². The van der Waals surface area contributed by atoms with Crippen molar-refractivity contribution in [3.8, 4) is 6.07 Å². The third-order valence-corrected chi connectivity index (χ3v) is 8.33. The normalized spacial score (nSPS) is 17.7. The topological polar surface area (TPSA) is 148 Å². The van der Waals surface area contributed by atoms with E-state index in [4.69, 9.17) is 9.47 Å². The summed E-state index contributed by atoms with van der Waals surface area (Å²) in [6.07, 6.45) is 5.68. The zero-order valence-corrected chi connectivity index (χ0v) is 28.4. The Morgan fingerprint density at radius 2 is 1.85 bits per heavy atom. The Bertz CT molecular complexity index is 1650. The first kappa shape index (κ1) is 33.3. The molecule has 2 fully saturated rings. The number of hydrogen-bond acceptors (Lipinski definition) is 9. The number of likely N-dealkylation sites (tertiary alicyclic amines) is 1. The summed E-state index contributed by atoms with van der Waals surface area (Å²) in [6.45, 7) is 12.2. The van der Waals surface area contributed by atoms with Crippen LogP contribution in [0.15, 0.2) is 30.5 Å². The standard InChI is InChI=1S/C33H43N7O5S/c1-32(2,3)44-30(41)38-14-8-9-21(19-38)26-13-10-24(15-22(26)20-46(7)43)36-27-16-28(40-29(37-27)23(17-34)18-35-40)39(25-11-12-25)31(42)45-33(4,5)6/h10,13,15-16,18,21,25H,8-9,11-12,14,19-20H2,1-7H3,(H,36,37). The molecule has 1 aliphatic carbocycles. The molecule has 12 nitrogen and oxygen atoms in total. The maximum absolute atomic E-state index is 13.4. The van der Waals surface area contributed by atoms with Crippen LogP contribution >= 0.6 is 0 Å². The molecular weight excluding hydrogens is 606 g/mol. The second-order valence-electron chi connectivity index (χ2n) is 14.0. The highest BCUT2D eigenvalue weighted by Gasteiger charge is 2.38. The number of nitrogens with one attached hydrogen (secondary N) is 1. The summed E-state index contributed by atoms with van der Waals surface area (Å²) in [5.41, 5.74) is 1.98. The van der Waals surface area contributed by atoms with Crippen molar-refractivity contribution in [3.63, 3.8) is 0 Å². The van der Waals surface area contributed by atoms with Gasteiger partial charge in [0.2, 0.25) is 0 Å². The van der Waals surface area contributed by atoms with Crippen molar-refractivity contribution in [3.05, 3.63) is 47.2 Å². The van der Waals surface area contributed by atoms with E-state index in [0.29, 0.717) is 41.8 Å². The molecule has 3 heterocycles. The van der Waals surface area contributed by atoms with E-state index >= 15 is 0 Å². The fourth-order valence-electron chi connectivity index (χ4n) is 5.63. The molecule has 0 spiro atoms. The zero-order valence-electron chi connectivity index (χ0n) is 27.6. The van der Waals surface area contributed by atoms with Crippen molar-refractivity contribution >= 4 is 46.3 Å². The monoisotopic (exact) mass is 649 g/mol. The van der Waals surface area contributed by atoms with Gasteiger partial charge in [0.25, 0.3) is 0 Å². The minimum Gasteiger partial charge on any atom is -0.616 e. The molecule has 2 atom stereocenters. The third kappa shape index (κ3) is 8.03. The van der Waals surface area contributed by atoms with Crippen LogP contribution in [-0.4, -0.2) is 72.8 Å². The molecule has 1 saturated heterocycles. The molecule has 1 saturated carbocycles. The Kier molecular flexibility index (Phi) is 9.42. The van der Waals surface area contributed by atoms with Gasteiger partial charge in [0.15, 0.2) is 5.65 Å². The average Bonchev–Trinajstić information content (AvgIpc) is 3.69. The quantitative estimate of drug-likeness (QED) is 0.294. The molecule has 0 radical (unpaired) electrons. The van der Waals surface area contributed by atoms with Gasteiger partial charge in [-0.3, -0.25) is 4.90 Å². The predicted octanol–water partition coefficient (Wildman–Crippen LogP) is 6.24. The summed E-state index contributed by atoms with van der Waals surface area (Å²) < 4.78 is 25.4. The van der Waals surface area contributed by atoms with Crippen molar-refractivity contribution < 1.29 is 23.6 Å². The number of hydrogen-bond donors (Lipinski definition) is 1. The van der Waals surface area contributed by atoms with Crippen LogP contribution in [0.3, 0.4) is 0 Å². The number of amides is 2. The maximum atomic E-state index is 13.4. The smallest absolute Gasteiger partial charge is 0.416 e. The Labute approximate surface area is 273 Å². The zero-order chi connectivity index (χ0) is 33.4. The number of ether oxygens (including phenoxy) is 2. The number of nitrogens with zero attached hydrogens (tertiary/aromatic N) is 6. The number of fused-ring (bicyclic) bond motifs is 1. The van der Waals surface area contributed by atoms with Crippen LogP contribution in [0.5, 0.6) is 0 Å². The van der Waals surface area contributed by atoms with Gasteiger partial charge in [-0.05, 0) is 84.9 Å². The number of carbonyl (C=O) groups excluding carboxylic acids is 2. The molecule has 13 heteroatoms. The van der Waals surface area contributed by atoms with Crippen molar-refractivity contribution in [1.82, 2.24) is 19.5 Å². The van der Waals surface area contributed by atoms with Crippen molar-refractivity contribution in [2.75, 3.05) is 29.6 Å². The van der Waals surface area contributed by atoms with Crippen LogP contribution in [0.1, 0.15) is 89.8 Å². The summed E-state index contributed by atoms with van der Waals surface area (Å²) in [7, 11) is 0. The summed E-state index contributed by atoms with van der Waals surface area (Å²) in [6, 6.07) is 9.73. The maximum Gasteiger partial charge on any atom is 0.416 e. The molecular formula is C33H43N7O5S. The Balaban J connectivity index is 1.47. The fraction of sp³-hybridized carbons (Fsp3) is 0.545. The van der Waals surface area contributed by atoms with Gasteiger partial charge in [0.05, 0.1) is 12.5 Å². The first-order chi connectivity index (χ1) is 21.6. The highest BCUT2D eigenvalue weighted by Crippen LogP contribution is 2.36. The predicted molar refractivity (Wildman–Crippen MR) is 177 cm³/mol. The van der Waals surface area contributed by atoms with Gasteiger partial charge in [0, 0.05) is 42.4 Å². The molecule has 3 aromatic rings. The lowest BCUT2D eigenvalue weighted by Gasteiger charge is -2.35. The molecule has 2 unspecified atom stereocenters. The number of anilines is 3. The Morgan fingerprint density at radius 1 is 1.13 bits per heavy atom. The van der Waals surface area contributed by atoms with Gasteiger partial charge in [-0.2, -0.15) is 14.9 Å². The van der Waals surface area contributed by atoms with Crippen LogP contribution in [0.2, 0.25) is 0 Å². The molecule has 46 heavy (non-hydrogen) atoms. The van der Waals surface area contributed by atoms with E-state index in [0.717, 1.165) is 36.8 Å². The number of benzene rings is 1. The minimum absolute atomic E-state index is 0.0517. The summed E-state index contributed by atoms with van der Waals surface area (Å²) in [4.78, 5) is 34.3. The van der Waals surface area contributed by atoms with E-state index in [-0.39, 0.29) is 23.6 Å². The summed E-state index contributed by atoms with van der Waals surface area (Å²) in [5, 5.41) is 17.5. The molecule has 2 amide bonds. The molecule has 1 aliphatic heterocycles. The van der Waals surface area contributed by atoms with Crippen molar-refractivity contribution in [2.24, 2.45) is 0 Å². The van der Waals surface area contributed by atoms with Gasteiger partial charge in [0.1, 0.15) is 40.2 Å². The SMILES string of the molecule is C[S+]([O-])Cc1cc(Nc2cc(N(C(=O)OC(C)(C)C)C3CC3)n3ncc(C#N)c3n2)ccc1C1CCCN(C(=O)OC(C)(C)C)C1. The van der Waals surface area contributed by atoms with E-state index in [2.05, 4.69) is 21.5 Å².